The van der Waals surface area contributed by atoms with E-state index in [-0.39, 0.29) is 10.8 Å². The number of para-hydroxylation sites is 1. The van der Waals surface area contributed by atoms with Crippen molar-refractivity contribution in [2.45, 2.75) is 23.7 Å². The van der Waals surface area contributed by atoms with Crippen molar-refractivity contribution in [2.75, 3.05) is 24.5 Å². The van der Waals surface area contributed by atoms with Gasteiger partial charge in [-0.25, -0.2) is 13.1 Å². The van der Waals surface area contributed by atoms with Crippen molar-refractivity contribution in [2.24, 2.45) is 5.92 Å². The van der Waals surface area contributed by atoms with Crippen LogP contribution in [0.4, 0.5) is 5.82 Å². The molecule has 0 radical (unpaired) electrons. The third-order valence-electron chi connectivity index (χ3n) is 5.40. The van der Waals surface area contributed by atoms with E-state index in [1.54, 1.807) is 24.4 Å². The fourth-order valence-corrected chi connectivity index (χ4v) is 4.88. The topological polar surface area (TPSA) is 88.1 Å². The van der Waals surface area contributed by atoms with E-state index in [4.69, 9.17) is 0 Å². The molecule has 0 amide bonds. The number of nitrogens with zero attached hydrogens (tertiary/aromatic N) is 4. The fraction of sp³-hybridized carbons (Fsp3) is 0.350. The van der Waals surface area contributed by atoms with Gasteiger partial charge in [0.1, 0.15) is 4.90 Å². The molecule has 0 unspecified atom stereocenters. The number of hydrogen-bond acceptors (Lipinski definition) is 6. The monoisotopic (exact) mass is 395 g/mol. The van der Waals surface area contributed by atoms with E-state index in [9.17, 15) is 8.42 Å². The second-order valence-electron chi connectivity index (χ2n) is 7.54. The van der Waals surface area contributed by atoms with Gasteiger partial charge in [-0.3, -0.25) is 4.98 Å². The highest BCUT2D eigenvalue weighted by Gasteiger charge is 2.31. The molecule has 144 valence electrons. The lowest BCUT2D eigenvalue weighted by Gasteiger charge is -2.39. The lowest BCUT2D eigenvalue weighted by atomic mass is 10.0. The molecule has 7 nitrogen and oxygen atoms in total. The highest BCUT2D eigenvalue weighted by Crippen LogP contribution is 2.39. The van der Waals surface area contributed by atoms with Crippen LogP contribution in [0.2, 0.25) is 0 Å². The summed E-state index contributed by atoms with van der Waals surface area (Å²) in [6, 6.07) is 12.9. The Hall–Kier alpha value is -2.58. The molecule has 1 saturated carbocycles. The molecule has 8 heteroatoms. The summed E-state index contributed by atoms with van der Waals surface area (Å²) >= 11 is 0. The third-order valence-corrected chi connectivity index (χ3v) is 6.85. The van der Waals surface area contributed by atoms with Crippen LogP contribution in [0, 0.1) is 5.92 Å². The normalized spacial score (nSPS) is 17.6. The minimum atomic E-state index is -3.61. The molecule has 1 aliphatic heterocycles. The van der Waals surface area contributed by atoms with Gasteiger partial charge >= 0.3 is 0 Å². The summed E-state index contributed by atoms with van der Waals surface area (Å²) in [6.07, 6.45) is 4.04. The summed E-state index contributed by atoms with van der Waals surface area (Å²) in [7, 11) is -3.61. The van der Waals surface area contributed by atoms with Crippen LogP contribution in [0.15, 0.2) is 53.6 Å². The zero-order valence-electron chi connectivity index (χ0n) is 15.3. The van der Waals surface area contributed by atoms with Crippen LogP contribution in [0.1, 0.15) is 24.5 Å². The van der Waals surface area contributed by atoms with Gasteiger partial charge in [-0.05, 0) is 37.1 Å². The Bertz CT molecular complexity index is 1100. The summed E-state index contributed by atoms with van der Waals surface area (Å²) in [5.74, 6) is 1.72. The zero-order valence-corrected chi connectivity index (χ0v) is 16.1. The van der Waals surface area contributed by atoms with E-state index in [0.29, 0.717) is 18.0 Å². The summed E-state index contributed by atoms with van der Waals surface area (Å²) in [5.41, 5.74) is 1.58. The Kier molecular flexibility index (Phi) is 4.25. The SMILES string of the molecule is O=S(=O)(NCC1CN(c2ccc(C3CC3)nn2)C1)c1cccc2cccnc12. The Balaban J connectivity index is 1.21. The second kappa shape index (κ2) is 6.79. The minimum Gasteiger partial charge on any atom is -0.354 e. The predicted molar refractivity (Wildman–Crippen MR) is 107 cm³/mol. The maximum absolute atomic E-state index is 12.8. The molecular formula is C20H21N5O2S. The summed E-state index contributed by atoms with van der Waals surface area (Å²) in [5, 5.41) is 9.44. The number of sulfonamides is 1. The van der Waals surface area contributed by atoms with E-state index in [1.807, 2.05) is 18.2 Å². The molecule has 2 aromatic heterocycles. The van der Waals surface area contributed by atoms with Gasteiger partial charge in [0.2, 0.25) is 10.0 Å². The number of hydrogen-bond donors (Lipinski definition) is 1. The maximum atomic E-state index is 12.8. The van der Waals surface area contributed by atoms with Crippen LogP contribution in [-0.2, 0) is 10.0 Å². The van der Waals surface area contributed by atoms with Crippen molar-refractivity contribution in [1.29, 1.82) is 0 Å². The average Bonchev–Trinajstić information content (AvgIpc) is 3.52. The zero-order chi connectivity index (χ0) is 19.1. The van der Waals surface area contributed by atoms with Gasteiger partial charge in [0.15, 0.2) is 5.82 Å². The van der Waals surface area contributed by atoms with E-state index >= 15 is 0 Å². The van der Waals surface area contributed by atoms with Crippen molar-refractivity contribution in [3.05, 3.63) is 54.4 Å². The lowest BCUT2D eigenvalue weighted by Crippen LogP contribution is -2.51. The van der Waals surface area contributed by atoms with Gasteiger partial charge in [-0.2, -0.15) is 5.10 Å². The van der Waals surface area contributed by atoms with Gasteiger partial charge in [0, 0.05) is 43.1 Å². The molecule has 1 saturated heterocycles. The molecule has 3 heterocycles. The highest BCUT2D eigenvalue weighted by atomic mass is 32.2. The van der Waals surface area contributed by atoms with Crippen LogP contribution >= 0.6 is 0 Å². The standard InChI is InChI=1S/C20H21N5O2S/c26-28(27,18-5-1-3-16-4-2-10-21-20(16)18)22-11-14-12-25(13-14)19-9-8-17(23-24-19)15-6-7-15/h1-5,8-10,14-15,22H,6-7,11-13H2. The fourth-order valence-electron chi connectivity index (χ4n) is 3.59. The molecule has 1 aromatic carbocycles. The van der Waals surface area contributed by atoms with Crippen LogP contribution in [-0.4, -0.2) is 43.2 Å². The van der Waals surface area contributed by atoms with Crippen LogP contribution in [0.5, 0.6) is 0 Å². The first-order valence-corrected chi connectivity index (χ1v) is 11.0. The third kappa shape index (κ3) is 3.33. The molecule has 5 rings (SSSR count). The molecule has 2 fully saturated rings. The number of pyridine rings is 1. The predicted octanol–water partition coefficient (Wildman–Crippen LogP) is 2.32. The molecule has 3 aromatic rings. The molecule has 0 spiro atoms. The van der Waals surface area contributed by atoms with Crippen LogP contribution < -0.4 is 9.62 Å². The second-order valence-corrected chi connectivity index (χ2v) is 9.28. The number of anilines is 1. The van der Waals surface area contributed by atoms with Crippen LogP contribution in [0.3, 0.4) is 0 Å². The van der Waals surface area contributed by atoms with Gasteiger partial charge in [-0.1, -0.05) is 18.2 Å². The first-order valence-electron chi connectivity index (χ1n) is 9.52. The van der Waals surface area contributed by atoms with Gasteiger partial charge in [0.25, 0.3) is 0 Å². The molecule has 28 heavy (non-hydrogen) atoms. The largest absolute Gasteiger partial charge is 0.354 e. The minimum absolute atomic E-state index is 0.225. The first-order chi connectivity index (χ1) is 13.6. The molecule has 0 atom stereocenters. The Labute approximate surface area is 163 Å². The summed E-state index contributed by atoms with van der Waals surface area (Å²) < 4.78 is 28.3. The molecule has 2 aliphatic rings. The first kappa shape index (κ1) is 17.5. The van der Waals surface area contributed by atoms with Crippen molar-refractivity contribution in [3.63, 3.8) is 0 Å². The van der Waals surface area contributed by atoms with E-state index in [2.05, 4.69) is 30.9 Å². The number of aromatic nitrogens is 3. The summed E-state index contributed by atoms with van der Waals surface area (Å²) in [4.78, 5) is 6.59. The van der Waals surface area contributed by atoms with E-state index in [0.717, 1.165) is 30.0 Å². The number of nitrogens with one attached hydrogen (secondary N) is 1. The Morgan fingerprint density at radius 1 is 1.04 bits per heavy atom. The van der Waals surface area contributed by atoms with Gasteiger partial charge < -0.3 is 4.90 Å². The number of rotatable bonds is 6. The Morgan fingerprint density at radius 2 is 1.86 bits per heavy atom. The average molecular weight is 395 g/mol. The lowest BCUT2D eigenvalue weighted by molar-refractivity contribution is 0.402. The van der Waals surface area contributed by atoms with Gasteiger partial charge in [-0.15, -0.1) is 5.10 Å². The smallest absolute Gasteiger partial charge is 0.242 e. The van der Waals surface area contributed by atoms with E-state index < -0.39 is 10.0 Å². The number of fused-ring (bicyclic) bond motifs is 1. The Morgan fingerprint density at radius 3 is 2.61 bits per heavy atom. The quantitative estimate of drug-likeness (QED) is 0.689. The van der Waals surface area contributed by atoms with Gasteiger partial charge in [0.05, 0.1) is 11.2 Å². The highest BCUT2D eigenvalue weighted by molar-refractivity contribution is 7.89. The molecule has 0 bridgehead atoms. The van der Waals surface area contributed by atoms with Crippen molar-refractivity contribution in [3.8, 4) is 0 Å². The summed E-state index contributed by atoms with van der Waals surface area (Å²) in [6.45, 7) is 1.94. The van der Waals surface area contributed by atoms with Crippen molar-refractivity contribution < 1.29 is 8.42 Å². The molecular weight excluding hydrogens is 374 g/mol. The van der Waals surface area contributed by atoms with Crippen LogP contribution in [0.25, 0.3) is 10.9 Å². The maximum Gasteiger partial charge on any atom is 0.242 e. The molecule has 1 N–H and O–H groups in total. The molecule has 1 aliphatic carbocycles. The van der Waals surface area contributed by atoms with Crippen molar-refractivity contribution in [1.82, 2.24) is 19.9 Å². The van der Waals surface area contributed by atoms with E-state index in [1.165, 1.54) is 12.8 Å². The number of benzene rings is 1. The van der Waals surface area contributed by atoms with Crippen molar-refractivity contribution >= 4 is 26.7 Å².